The summed E-state index contributed by atoms with van der Waals surface area (Å²) in [5.41, 5.74) is 1.61. The Balaban J connectivity index is 0.000000493. The molecule has 0 saturated carbocycles. The molecule has 2 aliphatic heterocycles. The third kappa shape index (κ3) is 7.43. The van der Waals surface area contributed by atoms with Crippen LogP contribution in [0.2, 0.25) is 0 Å². The molecule has 7 nitrogen and oxygen atoms in total. The van der Waals surface area contributed by atoms with Crippen LogP contribution in [0.1, 0.15) is 44.7 Å². The first kappa shape index (κ1) is 30.9. The van der Waals surface area contributed by atoms with Gasteiger partial charge in [-0.05, 0) is 62.2 Å². The summed E-state index contributed by atoms with van der Waals surface area (Å²) < 4.78 is 27.9. The lowest BCUT2D eigenvalue weighted by atomic mass is 9.96. The molecule has 0 aliphatic carbocycles. The zero-order valence-electron chi connectivity index (χ0n) is 24.6. The van der Waals surface area contributed by atoms with Gasteiger partial charge >= 0.3 is 0 Å². The Kier molecular flexibility index (Phi) is 10.7. The molecule has 220 valence electrons. The molecule has 5 rings (SSSR count). The topological polar surface area (TPSA) is 73.0 Å². The van der Waals surface area contributed by atoms with Crippen molar-refractivity contribution in [2.24, 2.45) is 0 Å². The summed E-state index contributed by atoms with van der Waals surface area (Å²) in [6, 6.07) is 28.2. The lowest BCUT2D eigenvalue weighted by Crippen LogP contribution is -2.59. The maximum absolute atomic E-state index is 13.6. The van der Waals surface area contributed by atoms with Gasteiger partial charge in [-0.1, -0.05) is 99.6 Å². The third-order valence-electron chi connectivity index (χ3n) is 8.26. The predicted octanol–water partition coefficient (Wildman–Crippen LogP) is 4.76. The van der Waals surface area contributed by atoms with Crippen LogP contribution >= 0.6 is 0 Å². The molecular weight excluding hydrogens is 532 g/mol. The molecule has 1 spiro atoms. The number of nitrogens with zero attached hydrogens (tertiary/aromatic N) is 3. The SMILES string of the molecule is CCN(CC)CC.O=C1C(Cc2ccccc2)NC2(CCN(S(=O)(=O)c3ccccc3)CC2)N1Cc1ccccc1. The van der Waals surface area contributed by atoms with Gasteiger partial charge in [0.25, 0.3) is 0 Å². The lowest BCUT2D eigenvalue weighted by molar-refractivity contribution is -0.134. The van der Waals surface area contributed by atoms with E-state index >= 15 is 0 Å². The van der Waals surface area contributed by atoms with Gasteiger partial charge < -0.3 is 9.80 Å². The fourth-order valence-electron chi connectivity index (χ4n) is 5.77. The maximum Gasteiger partial charge on any atom is 0.243 e. The van der Waals surface area contributed by atoms with Gasteiger partial charge in [0.1, 0.15) is 0 Å². The summed E-state index contributed by atoms with van der Waals surface area (Å²) in [5, 5.41) is 3.64. The van der Waals surface area contributed by atoms with Gasteiger partial charge in [-0.2, -0.15) is 4.31 Å². The van der Waals surface area contributed by atoms with Gasteiger partial charge in [0.05, 0.1) is 16.6 Å². The smallest absolute Gasteiger partial charge is 0.243 e. The number of carbonyl (C=O) groups excluding carboxylic acids is 1. The van der Waals surface area contributed by atoms with Crippen molar-refractivity contribution in [1.82, 2.24) is 19.4 Å². The monoisotopic (exact) mass is 576 g/mol. The first-order valence-electron chi connectivity index (χ1n) is 14.8. The second-order valence-corrected chi connectivity index (χ2v) is 12.6. The van der Waals surface area contributed by atoms with Crippen molar-refractivity contribution >= 4 is 15.9 Å². The van der Waals surface area contributed by atoms with Crippen molar-refractivity contribution in [3.63, 3.8) is 0 Å². The highest BCUT2D eigenvalue weighted by Crippen LogP contribution is 2.36. The summed E-state index contributed by atoms with van der Waals surface area (Å²) in [5.74, 6) is 0.0760. The summed E-state index contributed by atoms with van der Waals surface area (Å²) in [6.07, 6.45) is 1.70. The van der Waals surface area contributed by atoms with Crippen LogP contribution in [0.5, 0.6) is 0 Å². The number of rotatable bonds is 9. The highest BCUT2D eigenvalue weighted by atomic mass is 32.2. The number of hydrogen-bond donors (Lipinski definition) is 1. The van der Waals surface area contributed by atoms with E-state index in [0.29, 0.717) is 43.8 Å². The molecule has 1 amide bonds. The third-order valence-corrected chi connectivity index (χ3v) is 10.2. The van der Waals surface area contributed by atoms with Crippen molar-refractivity contribution in [1.29, 1.82) is 0 Å². The largest absolute Gasteiger partial charge is 0.319 e. The summed E-state index contributed by atoms with van der Waals surface area (Å²) in [4.78, 5) is 18.3. The van der Waals surface area contributed by atoms with Crippen LogP contribution in [-0.4, -0.2) is 72.9 Å². The van der Waals surface area contributed by atoms with Gasteiger partial charge in [-0.25, -0.2) is 8.42 Å². The minimum Gasteiger partial charge on any atom is -0.319 e. The molecule has 0 radical (unpaired) electrons. The molecular formula is C33H44N4O3S. The van der Waals surface area contributed by atoms with Gasteiger partial charge in [-0.3, -0.25) is 10.1 Å². The molecule has 3 aromatic carbocycles. The molecule has 2 heterocycles. The lowest BCUT2D eigenvalue weighted by Gasteiger charge is -2.44. The van der Waals surface area contributed by atoms with E-state index in [0.717, 1.165) is 11.1 Å². The number of nitrogens with one attached hydrogen (secondary N) is 1. The predicted molar refractivity (Wildman–Crippen MR) is 165 cm³/mol. The second kappa shape index (κ2) is 14.2. The molecule has 1 unspecified atom stereocenters. The molecule has 1 N–H and O–H groups in total. The molecule has 2 aliphatic rings. The van der Waals surface area contributed by atoms with Gasteiger partial charge in [0, 0.05) is 19.6 Å². The number of carbonyl (C=O) groups is 1. The van der Waals surface area contributed by atoms with Crippen molar-refractivity contribution in [2.75, 3.05) is 32.7 Å². The standard InChI is InChI=1S/C27H29N3O3S.C6H15N/c31-26-25(20-22-10-4-1-5-11-22)28-27(30(26)21-23-12-6-2-7-13-23)16-18-29(19-17-27)34(32,33)24-14-8-3-9-15-24;1-4-7(5-2)6-3/h1-15,25,28H,16-21H2;4-6H2,1-3H3. The van der Waals surface area contributed by atoms with E-state index in [2.05, 4.69) is 31.0 Å². The zero-order valence-corrected chi connectivity index (χ0v) is 25.4. The van der Waals surface area contributed by atoms with E-state index in [1.807, 2.05) is 71.6 Å². The maximum atomic E-state index is 13.6. The van der Waals surface area contributed by atoms with E-state index in [9.17, 15) is 13.2 Å². The van der Waals surface area contributed by atoms with Crippen molar-refractivity contribution in [3.05, 3.63) is 102 Å². The number of hydrogen-bond acceptors (Lipinski definition) is 5. The van der Waals surface area contributed by atoms with Gasteiger partial charge in [-0.15, -0.1) is 0 Å². The minimum absolute atomic E-state index is 0.0760. The quantitative estimate of drug-likeness (QED) is 0.398. The van der Waals surface area contributed by atoms with Crippen LogP contribution in [0.3, 0.4) is 0 Å². The number of benzene rings is 3. The number of sulfonamides is 1. The normalized spacial score (nSPS) is 18.9. The average Bonchev–Trinajstić information content (AvgIpc) is 3.25. The molecule has 0 aromatic heterocycles. The van der Waals surface area contributed by atoms with Crippen LogP contribution in [0.15, 0.2) is 95.9 Å². The summed E-state index contributed by atoms with van der Waals surface area (Å²) in [7, 11) is -3.56. The molecule has 1 atom stereocenters. The Labute approximate surface area is 246 Å². The van der Waals surface area contributed by atoms with E-state index in [4.69, 9.17) is 0 Å². The highest BCUT2D eigenvalue weighted by molar-refractivity contribution is 7.89. The van der Waals surface area contributed by atoms with Gasteiger partial charge in [0.2, 0.25) is 15.9 Å². The summed E-state index contributed by atoms with van der Waals surface area (Å²) >= 11 is 0. The first-order chi connectivity index (χ1) is 19.8. The summed E-state index contributed by atoms with van der Waals surface area (Å²) in [6.45, 7) is 11.4. The van der Waals surface area contributed by atoms with Crippen LogP contribution in [0, 0.1) is 0 Å². The van der Waals surface area contributed by atoms with Crippen LogP contribution in [0.4, 0.5) is 0 Å². The second-order valence-electron chi connectivity index (χ2n) is 10.7. The molecule has 41 heavy (non-hydrogen) atoms. The van der Waals surface area contributed by atoms with Crippen LogP contribution in [0.25, 0.3) is 0 Å². The number of amides is 1. The zero-order chi connectivity index (χ0) is 29.3. The van der Waals surface area contributed by atoms with Crippen molar-refractivity contribution in [3.8, 4) is 0 Å². The highest BCUT2D eigenvalue weighted by Gasteiger charge is 2.52. The number of piperidine rings is 1. The molecule has 3 aromatic rings. The van der Waals surface area contributed by atoms with E-state index in [-0.39, 0.29) is 11.9 Å². The Hall–Kier alpha value is -3.04. The first-order valence-corrected chi connectivity index (χ1v) is 16.2. The van der Waals surface area contributed by atoms with Crippen LogP contribution in [-0.2, 0) is 27.8 Å². The fraction of sp³-hybridized carbons (Fsp3) is 0.424. The van der Waals surface area contributed by atoms with E-state index < -0.39 is 15.7 Å². The molecule has 2 fully saturated rings. The Bertz CT molecular complexity index is 1320. The van der Waals surface area contributed by atoms with Crippen LogP contribution < -0.4 is 5.32 Å². The van der Waals surface area contributed by atoms with Crippen molar-refractivity contribution in [2.45, 2.75) is 63.2 Å². The van der Waals surface area contributed by atoms with Crippen molar-refractivity contribution < 1.29 is 13.2 Å². The molecule has 2 saturated heterocycles. The molecule has 0 bridgehead atoms. The Morgan fingerprint density at radius 1 is 0.780 bits per heavy atom. The Morgan fingerprint density at radius 3 is 1.76 bits per heavy atom. The van der Waals surface area contributed by atoms with E-state index in [1.165, 1.54) is 19.6 Å². The minimum atomic E-state index is -3.56. The average molecular weight is 577 g/mol. The Morgan fingerprint density at radius 2 is 1.27 bits per heavy atom. The van der Waals surface area contributed by atoms with E-state index in [1.54, 1.807) is 28.6 Å². The van der Waals surface area contributed by atoms with Gasteiger partial charge in [0.15, 0.2) is 0 Å². The fourth-order valence-corrected chi connectivity index (χ4v) is 7.23. The molecule has 8 heteroatoms.